The number of hydrogen-bond acceptors (Lipinski definition) is 4. The summed E-state index contributed by atoms with van der Waals surface area (Å²) in [6, 6.07) is 7.46. The van der Waals surface area contributed by atoms with Crippen LogP contribution in [0.25, 0.3) is 0 Å². The number of aromatic nitrogens is 1. The van der Waals surface area contributed by atoms with Gasteiger partial charge in [-0.25, -0.2) is 8.42 Å². The van der Waals surface area contributed by atoms with Gasteiger partial charge in [0.2, 0.25) is 0 Å². The molecular weight excluding hydrogens is 252 g/mol. The number of pyridine rings is 1. The van der Waals surface area contributed by atoms with Crippen LogP contribution in [0, 0.1) is 6.92 Å². The van der Waals surface area contributed by atoms with Gasteiger partial charge in [0.1, 0.15) is 10.6 Å². The third kappa shape index (κ3) is 2.43. The lowest BCUT2D eigenvalue weighted by Gasteiger charge is -2.10. The van der Waals surface area contributed by atoms with E-state index in [-0.39, 0.29) is 10.6 Å². The number of phenols is 1. The molecule has 0 fully saturated rings. The Bertz CT molecular complexity index is 669. The summed E-state index contributed by atoms with van der Waals surface area (Å²) in [6.07, 6.45) is 3.00. The standard InChI is InChI=1S/C12H12N2O3S/c1-9-6-7-13-8-10(9)14-18(16,17)12-5-3-2-4-11(12)15/h2-8,14-15H,1H3. The number of anilines is 1. The summed E-state index contributed by atoms with van der Waals surface area (Å²) in [5.74, 6) is -0.286. The Labute approximate surface area is 105 Å². The van der Waals surface area contributed by atoms with E-state index in [1.54, 1.807) is 31.3 Å². The van der Waals surface area contributed by atoms with E-state index in [1.165, 1.54) is 18.3 Å². The highest BCUT2D eigenvalue weighted by molar-refractivity contribution is 7.92. The van der Waals surface area contributed by atoms with Crippen molar-refractivity contribution in [3.63, 3.8) is 0 Å². The van der Waals surface area contributed by atoms with Crippen molar-refractivity contribution >= 4 is 15.7 Å². The second-order valence-electron chi connectivity index (χ2n) is 3.76. The van der Waals surface area contributed by atoms with Crippen LogP contribution in [0.15, 0.2) is 47.6 Å². The first kappa shape index (κ1) is 12.4. The maximum absolute atomic E-state index is 12.1. The summed E-state index contributed by atoms with van der Waals surface area (Å²) >= 11 is 0. The lowest BCUT2D eigenvalue weighted by atomic mass is 10.3. The quantitative estimate of drug-likeness (QED) is 0.887. The van der Waals surface area contributed by atoms with Crippen LogP contribution in [0.2, 0.25) is 0 Å². The molecule has 2 aromatic rings. The molecule has 0 radical (unpaired) electrons. The number of rotatable bonds is 3. The zero-order valence-electron chi connectivity index (χ0n) is 9.66. The van der Waals surface area contributed by atoms with Gasteiger partial charge in [-0.2, -0.15) is 0 Å². The molecule has 0 amide bonds. The van der Waals surface area contributed by atoms with Crippen LogP contribution < -0.4 is 4.72 Å². The van der Waals surface area contributed by atoms with Crippen molar-refractivity contribution in [3.05, 3.63) is 48.3 Å². The molecule has 94 valence electrons. The van der Waals surface area contributed by atoms with Crippen molar-refractivity contribution in [3.8, 4) is 5.75 Å². The smallest absolute Gasteiger partial charge is 0.265 e. The monoisotopic (exact) mass is 264 g/mol. The molecule has 0 atom stereocenters. The highest BCUT2D eigenvalue weighted by atomic mass is 32.2. The molecule has 5 nitrogen and oxygen atoms in total. The van der Waals surface area contributed by atoms with Gasteiger partial charge in [0.15, 0.2) is 0 Å². The fraction of sp³-hybridized carbons (Fsp3) is 0.0833. The van der Waals surface area contributed by atoms with E-state index >= 15 is 0 Å². The Morgan fingerprint density at radius 2 is 1.94 bits per heavy atom. The maximum atomic E-state index is 12.1. The molecule has 0 spiro atoms. The third-order valence-corrected chi connectivity index (χ3v) is 3.85. The van der Waals surface area contributed by atoms with Gasteiger partial charge in [0.25, 0.3) is 10.0 Å². The molecule has 0 aliphatic rings. The largest absolute Gasteiger partial charge is 0.507 e. The van der Waals surface area contributed by atoms with Crippen molar-refractivity contribution in [2.75, 3.05) is 4.72 Å². The first-order valence-electron chi connectivity index (χ1n) is 5.22. The van der Waals surface area contributed by atoms with Gasteiger partial charge in [-0.3, -0.25) is 9.71 Å². The predicted octanol–water partition coefficient (Wildman–Crippen LogP) is 1.90. The van der Waals surface area contributed by atoms with Crippen molar-refractivity contribution in [2.24, 2.45) is 0 Å². The Morgan fingerprint density at radius 3 is 2.61 bits per heavy atom. The highest BCUT2D eigenvalue weighted by Gasteiger charge is 2.18. The first-order chi connectivity index (χ1) is 8.50. The number of hydrogen-bond donors (Lipinski definition) is 2. The SMILES string of the molecule is Cc1ccncc1NS(=O)(=O)c1ccccc1O. The average Bonchev–Trinajstić information content (AvgIpc) is 2.32. The van der Waals surface area contributed by atoms with Crippen molar-refractivity contribution in [1.29, 1.82) is 0 Å². The molecule has 0 aliphatic carbocycles. The molecule has 1 aromatic heterocycles. The molecule has 0 bridgehead atoms. The van der Waals surface area contributed by atoms with Crippen LogP contribution in [-0.4, -0.2) is 18.5 Å². The van der Waals surface area contributed by atoms with Gasteiger partial charge in [-0.05, 0) is 30.7 Å². The molecule has 0 aliphatic heterocycles. The number of aryl methyl sites for hydroxylation is 1. The molecule has 0 saturated carbocycles. The van der Waals surface area contributed by atoms with Crippen LogP contribution in [0.3, 0.4) is 0 Å². The number of sulfonamides is 1. The number of nitrogens with zero attached hydrogens (tertiary/aromatic N) is 1. The minimum absolute atomic E-state index is 0.159. The van der Waals surface area contributed by atoms with Crippen LogP contribution >= 0.6 is 0 Å². The lowest BCUT2D eigenvalue weighted by molar-refractivity contribution is 0.459. The molecule has 1 aromatic carbocycles. The van der Waals surface area contributed by atoms with Crippen LogP contribution in [-0.2, 0) is 10.0 Å². The minimum atomic E-state index is -3.81. The Hall–Kier alpha value is -2.08. The van der Waals surface area contributed by atoms with Crippen LogP contribution in [0.5, 0.6) is 5.75 Å². The molecular formula is C12H12N2O3S. The van der Waals surface area contributed by atoms with E-state index in [0.29, 0.717) is 5.69 Å². The summed E-state index contributed by atoms with van der Waals surface area (Å²) in [5.41, 5.74) is 1.14. The molecule has 0 saturated heterocycles. The zero-order valence-corrected chi connectivity index (χ0v) is 10.5. The number of benzene rings is 1. The van der Waals surface area contributed by atoms with E-state index in [9.17, 15) is 13.5 Å². The van der Waals surface area contributed by atoms with Crippen molar-refractivity contribution < 1.29 is 13.5 Å². The summed E-state index contributed by atoms with van der Waals surface area (Å²) in [7, 11) is -3.81. The van der Waals surface area contributed by atoms with Crippen molar-refractivity contribution in [1.82, 2.24) is 4.98 Å². The normalized spacial score (nSPS) is 11.2. The first-order valence-corrected chi connectivity index (χ1v) is 6.70. The van der Waals surface area contributed by atoms with Gasteiger partial charge in [-0.15, -0.1) is 0 Å². The van der Waals surface area contributed by atoms with E-state index in [1.807, 2.05) is 0 Å². The predicted molar refractivity (Wildman–Crippen MR) is 67.9 cm³/mol. The van der Waals surface area contributed by atoms with E-state index in [4.69, 9.17) is 0 Å². The maximum Gasteiger partial charge on any atom is 0.265 e. The summed E-state index contributed by atoms with van der Waals surface area (Å²) in [6.45, 7) is 1.77. The van der Waals surface area contributed by atoms with Gasteiger partial charge in [-0.1, -0.05) is 12.1 Å². The van der Waals surface area contributed by atoms with Gasteiger partial charge in [0, 0.05) is 6.20 Å². The Balaban J connectivity index is 2.40. The number of phenolic OH excluding ortho intramolecular Hbond substituents is 1. The summed E-state index contributed by atoms with van der Waals surface area (Å²) in [5, 5.41) is 9.56. The molecule has 2 N–H and O–H groups in total. The van der Waals surface area contributed by atoms with E-state index < -0.39 is 10.0 Å². The lowest BCUT2D eigenvalue weighted by Crippen LogP contribution is -2.14. The second-order valence-corrected chi connectivity index (χ2v) is 5.41. The topological polar surface area (TPSA) is 79.3 Å². The molecule has 6 heteroatoms. The van der Waals surface area contributed by atoms with Crippen LogP contribution in [0.4, 0.5) is 5.69 Å². The van der Waals surface area contributed by atoms with Crippen molar-refractivity contribution in [2.45, 2.75) is 11.8 Å². The molecule has 1 heterocycles. The zero-order chi connectivity index (χ0) is 13.2. The van der Waals surface area contributed by atoms with E-state index in [0.717, 1.165) is 5.56 Å². The number of para-hydroxylation sites is 1. The Morgan fingerprint density at radius 1 is 1.22 bits per heavy atom. The fourth-order valence-corrected chi connectivity index (χ4v) is 2.67. The second kappa shape index (κ2) is 4.66. The minimum Gasteiger partial charge on any atom is -0.507 e. The molecule has 0 unspecified atom stereocenters. The third-order valence-electron chi connectivity index (χ3n) is 2.44. The number of nitrogens with one attached hydrogen (secondary N) is 1. The van der Waals surface area contributed by atoms with Gasteiger partial charge < -0.3 is 5.11 Å². The summed E-state index contributed by atoms with van der Waals surface area (Å²) < 4.78 is 26.5. The van der Waals surface area contributed by atoms with Gasteiger partial charge in [0.05, 0.1) is 11.9 Å². The highest BCUT2D eigenvalue weighted by Crippen LogP contribution is 2.24. The summed E-state index contributed by atoms with van der Waals surface area (Å²) in [4.78, 5) is 3.70. The van der Waals surface area contributed by atoms with Gasteiger partial charge >= 0.3 is 0 Å². The fourth-order valence-electron chi connectivity index (χ4n) is 1.45. The number of aromatic hydroxyl groups is 1. The molecule has 18 heavy (non-hydrogen) atoms. The Kier molecular flexibility index (Phi) is 3.20. The average molecular weight is 264 g/mol. The van der Waals surface area contributed by atoms with Crippen LogP contribution in [0.1, 0.15) is 5.56 Å². The molecule has 2 rings (SSSR count). The van der Waals surface area contributed by atoms with E-state index in [2.05, 4.69) is 9.71 Å².